The van der Waals surface area contributed by atoms with E-state index in [1.807, 2.05) is 6.07 Å². The number of nitrogens with zero attached hydrogens (tertiary/aromatic N) is 1. The lowest BCUT2D eigenvalue weighted by atomic mass is 10.1. The Morgan fingerprint density at radius 1 is 1.08 bits per heavy atom. The fourth-order valence-corrected chi connectivity index (χ4v) is 4.50. The first kappa shape index (κ1) is 20.6. The summed E-state index contributed by atoms with van der Waals surface area (Å²) >= 11 is 11.9. The molecule has 0 unspecified atom stereocenters. The maximum absolute atomic E-state index is 13.3. The van der Waals surface area contributed by atoms with Gasteiger partial charge in [0.2, 0.25) is 0 Å². The Balaban J connectivity index is 2.62. The molecule has 8 heteroatoms. The van der Waals surface area contributed by atoms with Gasteiger partial charge in [0, 0.05) is 0 Å². The predicted octanol–water partition coefficient (Wildman–Crippen LogP) is 4.37. The summed E-state index contributed by atoms with van der Waals surface area (Å²) in [5.41, 5.74) is 1.88. The number of hydrogen-bond acceptors (Lipinski definition) is 4. The minimum atomic E-state index is -4.06. The third-order valence-electron chi connectivity index (χ3n) is 3.75. The lowest BCUT2D eigenvalue weighted by Gasteiger charge is -2.27. The summed E-state index contributed by atoms with van der Waals surface area (Å²) in [6.07, 6.45) is 0. The van der Waals surface area contributed by atoms with Gasteiger partial charge in [-0.15, -0.1) is 0 Å². The molecule has 2 rings (SSSR count). The van der Waals surface area contributed by atoms with Crippen LogP contribution in [0.4, 0.5) is 5.69 Å². The largest absolute Gasteiger partial charge is 0.465 e. The fourth-order valence-electron chi connectivity index (χ4n) is 2.57. The van der Waals surface area contributed by atoms with Crippen LogP contribution in [-0.2, 0) is 19.6 Å². The number of sulfonamides is 1. The van der Waals surface area contributed by atoms with Gasteiger partial charge < -0.3 is 4.74 Å². The number of esters is 1. The molecule has 0 heterocycles. The summed E-state index contributed by atoms with van der Waals surface area (Å²) in [6.45, 7) is 4.94. The normalized spacial score (nSPS) is 11.3. The minimum Gasteiger partial charge on any atom is -0.465 e. The third kappa shape index (κ3) is 4.31. The molecule has 0 fully saturated rings. The number of carbonyl (C=O) groups excluding carboxylic acids is 1. The SMILES string of the molecule is CCOC(=O)CN(c1c(C)cccc1C)S(=O)(=O)c1ccc(Cl)c(Cl)c1. The predicted molar refractivity (Wildman–Crippen MR) is 104 cm³/mol. The number of halogens is 2. The quantitative estimate of drug-likeness (QED) is 0.656. The van der Waals surface area contributed by atoms with Gasteiger partial charge in [-0.3, -0.25) is 9.10 Å². The Labute approximate surface area is 163 Å². The molecule has 0 atom stereocenters. The van der Waals surface area contributed by atoms with E-state index >= 15 is 0 Å². The number of carbonyl (C=O) groups is 1. The first-order valence-corrected chi connectivity index (χ1v) is 10.1. The molecule has 0 saturated heterocycles. The second-order valence-electron chi connectivity index (χ2n) is 5.63. The maximum atomic E-state index is 13.3. The molecule has 26 heavy (non-hydrogen) atoms. The van der Waals surface area contributed by atoms with Crippen molar-refractivity contribution in [1.29, 1.82) is 0 Å². The van der Waals surface area contributed by atoms with Crippen molar-refractivity contribution in [3.05, 3.63) is 57.6 Å². The molecular formula is C18H19Cl2NO4S. The first-order valence-electron chi connectivity index (χ1n) is 7.88. The molecule has 0 aromatic heterocycles. The zero-order valence-electron chi connectivity index (χ0n) is 14.6. The number of hydrogen-bond donors (Lipinski definition) is 0. The Morgan fingerprint density at radius 2 is 1.69 bits per heavy atom. The molecule has 0 N–H and O–H groups in total. The lowest BCUT2D eigenvalue weighted by Crippen LogP contribution is -2.37. The molecule has 0 aliphatic carbocycles. The van der Waals surface area contributed by atoms with Crippen LogP contribution >= 0.6 is 23.2 Å². The molecule has 0 amide bonds. The summed E-state index contributed by atoms with van der Waals surface area (Å²) in [5, 5.41) is 0.361. The van der Waals surface area contributed by atoms with Gasteiger partial charge in [-0.2, -0.15) is 0 Å². The monoisotopic (exact) mass is 415 g/mol. The molecular weight excluding hydrogens is 397 g/mol. The molecule has 2 aromatic rings. The molecule has 0 aliphatic rings. The molecule has 5 nitrogen and oxygen atoms in total. The van der Waals surface area contributed by atoms with E-state index in [1.54, 1.807) is 32.9 Å². The van der Waals surface area contributed by atoms with Crippen LogP contribution < -0.4 is 4.31 Å². The summed E-state index contributed by atoms with van der Waals surface area (Å²) in [5.74, 6) is -0.640. The molecule has 2 aromatic carbocycles. The maximum Gasteiger partial charge on any atom is 0.326 e. The molecule has 0 spiro atoms. The van der Waals surface area contributed by atoms with Crippen LogP contribution in [0, 0.1) is 13.8 Å². The Hall–Kier alpha value is -1.76. The third-order valence-corrected chi connectivity index (χ3v) is 6.23. The Bertz CT molecular complexity index is 909. The van der Waals surface area contributed by atoms with Crippen LogP contribution in [0.15, 0.2) is 41.3 Å². The van der Waals surface area contributed by atoms with E-state index in [4.69, 9.17) is 27.9 Å². The second kappa shape index (κ2) is 8.29. The van der Waals surface area contributed by atoms with E-state index < -0.39 is 22.5 Å². The number of rotatable bonds is 6. The van der Waals surface area contributed by atoms with E-state index in [9.17, 15) is 13.2 Å². The molecule has 140 valence electrons. The van der Waals surface area contributed by atoms with Crippen molar-refractivity contribution in [3.8, 4) is 0 Å². The van der Waals surface area contributed by atoms with Gasteiger partial charge in [0.25, 0.3) is 10.0 Å². The zero-order chi connectivity index (χ0) is 19.5. The molecule has 0 radical (unpaired) electrons. The molecule has 0 saturated carbocycles. The van der Waals surface area contributed by atoms with Crippen molar-refractivity contribution in [2.45, 2.75) is 25.7 Å². The topological polar surface area (TPSA) is 63.7 Å². The van der Waals surface area contributed by atoms with Crippen molar-refractivity contribution >= 4 is 44.9 Å². The van der Waals surface area contributed by atoms with Crippen molar-refractivity contribution in [2.24, 2.45) is 0 Å². The van der Waals surface area contributed by atoms with E-state index in [2.05, 4.69) is 0 Å². The van der Waals surface area contributed by atoms with Crippen LogP contribution in [0.3, 0.4) is 0 Å². The average molecular weight is 416 g/mol. The van der Waals surface area contributed by atoms with Gasteiger partial charge >= 0.3 is 5.97 Å². The van der Waals surface area contributed by atoms with Gasteiger partial charge in [0.1, 0.15) is 6.54 Å². The van der Waals surface area contributed by atoms with Crippen molar-refractivity contribution < 1.29 is 17.9 Å². The number of benzene rings is 2. The molecule has 0 bridgehead atoms. The fraction of sp³-hybridized carbons (Fsp3) is 0.278. The summed E-state index contributed by atoms with van der Waals surface area (Å²) in [4.78, 5) is 12.0. The molecule has 0 aliphatic heterocycles. The Kier molecular flexibility index (Phi) is 6.55. The smallest absolute Gasteiger partial charge is 0.326 e. The highest BCUT2D eigenvalue weighted by Crippen LogP contribution is 2.32. The van der Waals surface area contributed by atoms with Crippen molar-refractivity contribution in [3.63, 3.8) is 0 Å². The number of para-hydroxylation sites is 1. The van der Waals surface area contributed by atoms with Crippen LogP contribution in [-0.4, -0.2) is 27.5 Å². The second-order valence-corrected chi connectivity index (χ2v) is 8.31. The van der Waals surface area contributed by atoms with Gasteiger partial charge in [-0.05, 0) is 50.1 Å². The van der Waals surface area contributed by atoms with Crippen LogP contribution in [0.1, 0.15) is 18.1 Å². The summed E-state index contributed by atoms with van der Waals surface area (Å²) in [6, 6.07) is 9.42. The number of ether oxygens (including phenoxy) is 1. The standard InChI is InChI=1S/C18H19Cl2NO4S/c1-4-25-17(22)11-21(18-12(2)6-5-7-13(18)3)26(23,24)14-8-9-15(19)16(20)10-14/h5-10H,4,11H2,1-3H3. The van der Waals surface area contributed by atoms with E-state index in [0.717, 1.165) is 15.4 Å². The van der Waals surface area contributed by atoms with Crippen molar-refractivity contribution in [1.82, 2.24) is 0 Å². The highest BCUT2D eigenvalue weighted by atomic mass is 35.5. The zero-order valence-corrected chi connectivity index (χ0v) is 17.0. The highest BCUT2D eigenvalue weighted by molar-refractivity contribution is 7.92. The first-order chi connectivity index (χ1) is 12.2. The van der Waals surface area contributed by atoms with Crippen LogP contribution in [0.2, 0.25) is 10.0 Å². The Morgan fingerprint density at radius 3 is 2.23 bits per heavy atom. The highest BCUT2D eigenvalue weighted by Gasteiger charge is 2.30. The van der Waals surface area contributed by atoms with E-state index in [1.165, 1.54) is 18.2 Å². The van der Waals surface area contributed by atoms with Crippen LogP contribution in [0.25, 0.3) is 0 Å². The average Bonchev–Trinajstić information content (AvgIpc) is 2.56. The summed E-state index contributed by atoms with van der Waals surface area (Å²) in [7, 11) is -4.06. The van der Waals surface area contributed by atoms with E-state index in [0.29, 0.717) is 5.69 Å². The number of aryl methyl sites for hydroxylation is 2. The van der Waals surface area contributed by atoms with Gasteiger partial charge in [-0.1, -0.05) is 41.4 Å². The number of anilines is 1. The van der Waals surface area contributed by atoms with E-state index in [-0.39, 0.29) is 21.5 Å². The van der Waals surface area contributed by atoms with Gasteiger partial charge in [0.05, 0.1) is 27.2 Å². The summed E-state index contributed by atoms with van der Waals surface area (Å²) < 4.78 is 32.5. The minimum absolute atomic E-state index is 0.0566. The lowest BCUT2D eigenvalue weighted by molar-refractivity contribution is -0.141. The van der Waals surface area contributed by atoms with Gasteiger partial charge in [-0.25, -0.2) is 8.42 Å². The van der Waals surface area contributed by atoms with Crippen molar-refractivity contribution in [2.75, 3.05) is 17.5 Å². The van der Waals surface area contributed by atoms with Gasteiger partial charge in [0.15, 0.2) is 0 Å². The van der Waals surface area contributed by atoms with Crippen LogP contribution in [0.5, 0.6) is 0 Å².